The van der Waals surface area contributed by atoms with E-state index in [4.69, 9.17) is 10.6 Å². The van der Waals surface area contributed by atoms with Crippen molar-refractivity contribution < 1.29 is 9.53 Å². The molecule has 6 nitrogen and oxygen atoms in total. The van der Waals surface area contributed by atoms with Gasteiger partial charge in [0.2, 0.25) is 0 Å². The third-order valence-corrected chi connectivity index (χ3v) is 3.00. The van der Waals surface area contributed by atoms with E-state index in [-0.39, 0.29) is 11.9 Å². The number of carbonyl (C=O) groups excluding carboxylic acids is 1. The molecule has 1 amide bonds. The van der Waals surface area contributed by atoms with Gasteiger partial charge in [-0.25, -0.2) is 10.8 Å². The summed E-state index contributed by atoms with van der Waals surface area (Å²) in [6, 6.07) is 3.49. The number of aromatic nitrogens is 1. The number of nitrogens with one attached hydrogen (secondary N) is 2. The maximum Gasteiger partial charge on any atom is 0.251 e. The van der Waals surface area contributed by atoms with E-state index in [0.29, 0.717) is 17.5 Å². The highest BCUT2D eigenvalue weighted by atomic mass is 16.5. The number of carbonyl (C=O) groups is 1. The van der Waals surface area contributed by atoms with Gasteiger partial charge in [0.15, 0.2) is 0 Å². The van der Waals surface area contributed by atoms with Crippen molar-refractivity contribution in [1.29, 1.82) is 0 Å². The Labute approximate surface area is 106 Å². The van der Waals surface area contributed by atoms with Gasteiger partial charge in [-0.05, 0) is 31.9 Å². The van der Waals surface area contributed by atoms with E-state index in [2.05, 4.69) is 15.7 Å². The Morgan fingerprint density at radius 3 is 3.06 bits per heavy atom. The molecule has 1 saturated carbocycles. The summed E-state index contributed by atoms with van der Waals surface area (Å²) in [4.78, 5) is 15.9. The smallest absolute Gasteiger partial charge is 0.251 e. The normalized spacial score (nSPS) is 22.1. The number of nitrogens with zero attached hydrogens (tertiary/aromatic N) is 1. The van der Waals surface area contributed by atoms with E-state index in [9.17, 15) is 4.79 Å². The Kier molecular flexibility index (Phi) is 4.11. The Bertz CT molecular complexity index is 418. The van der Waals surface area contributed by atoms with Crippen LogP contribution in [0.15, 0.2) is 18.3 Å². The summed E-state index contributed by atoms with van der Waals surface area (Å²) in [7, 11) is 0. The SMILES string of the molecule is CCOC1CC(NC(=O)c2ccnc(NN)c2)C1. The number of hydrazine groups is 1. The zero-order valence-electron chi connectivity index (χ0n) is 10.3. The Morgan fingerprint density at radius 1 is 1.61 bits per heavy atom. The lowest BCUT2D eigenvalue weighted by molar-refractivity contribution is -0.00862. The molecule has 0 saturated heterocycles. The van der Waals surface area contributed by atoms with Gasteiger partial charge in [-0.15, -0.1) is 0 Å². The number of ether oxygens (including phenoxy) is 1. The average Bonchev–Trinajstić information content (AvgIpc) is 2.36. The fraction of sp³-hybridized carbons (Fsp3) is 0.500. The summed E-state index contributed by atoms with van der Waals surface area (Å²) in [5.74, 6) is 5.62. The summed E-state index contributed by atoms with van der Waals surface area (Å²) in [5.41, 5.74) is 2.97. The Morgan fingerprint density at radius 2 is 2.39 bits per heavy atom. The van der Waals surface area contributed by atoms with Gasteiger partial charge in [0.25, 0.3) is 5.91 Å². The molecule has 1 aliphatic rings. The molecule has 1 aromatic rings. The summed E-state index contributed by atoms with van der Waals surface area (Å²) in [5, 5.41) is 2.96. The Hall–Kier alpha value is -1.66. The van der Waals surface area contributed by atoms with Crippen LogP contribution in [0.4, 0.5) is 5.82 Å². The molecular weight excluding hydrogens is 232 g/mol. The lowest BCUT2D eigenvalue weighted by Crippen LogP contribution is -2.47. The molecular formula is C12H18N4O2. The second-order valence-corrected chi connectivity index (χ2v) is 4.29. The molecule has 4 N–H and O–H groups in total. The van der Waals surface area contributed by atoms with Gasteiger partial charge >= 0.3 is 0 Å². The van der Waals surface area contributed by atoms with Crippen molar-refractivity contribution in [3.05, 3.63) is 23.9 Å². The first kappa shape index (κ1) is 12.8. The largest absolute Gasteiger partial charge is 0.378 e. The predicted octanol–water partition coefficient (Wildman–Crippen LogP) is 0.665. The summed E-state index contributed by atoms with van der Waals surface area (Å²) >= 11 is 0. The predicted molar refractivity (Wildman–Crippen MR) is 67.9 cm³/mol. The minimum absolute atomic E-state index is 0.103. The fourth-order valence-corrected chi connectivity index (χ4v) is 1.97. The molecule has 1 aromatic heterocycles. The minimum atomic E-state index is -0.103. The third kappa shape index (κ3) is 2.96. The van der Waals surface area contributed by atoms with E-state index in [1.807, 2.05) is 6.92 Å². The molecule has 0 atom stereocenters. The van der Waals surface area contributed by atoms with E-state index in [1.54, 1.807) is 18.3 Å². The lowest BCUT2D eigenvalue weighted by atomic mass is 9.89. The fourth-order valence-electron chi connectivity index (χ4n) is 1.97. The van der Waals surface area contributed by atoms with Crippen LogP contribution in [0.5, 0.6) is 0 Å². The molecule has 2 rings (SSSR count). The number of hydrogen-bond acceptors (Lipinski definition) is 5. The molecule has 0 aromatic carbocycles. The zero-order chi connectivity index (χ0) is 13.0. The molecule has 1 heterocycles. The second kappa shape index (κ2) is 5.79. The van der Waals surface area contributed by atoms with E-state index >= 15 is 0 Å². The van der Waals surface area contributed by atoms with Crippen LogP contribution in [0.3, 0.4) is 0 Å². The highest BCUT2D eigenvalue weighted by molar-refractivity contribution is 5.95. The van der Waals surface area contributed by atoms with Crippen LogP contribution in [0.1, 0.15) is 30.1 Å². The molecule has 6 heteroatoms. The monoisotopic (exact) mass is 250 g/mol. The molecule has 0 bridgehead atoms. The van der Waals surface area contributed by atoms with Gasteiger partial charge in [-0.3, -0.25) is 4.79 Å². The lowest BCUT2D eigenvalue weighted by Gasteiger charge is -2.35. The summed E-state index contributed by atoms with van der Waals surface area (Å²) in [6.45, 7) is 2.70. The van der Waals surface area contributed by atoms with Crippen LogP contribution in [0, 0.1) is 0 Å². The first-order valence-corrected chi connectivity index (χ1v) is 6.08. The van der Waals surface area contributed by atoms with Crippen molar-refractivity contribution in [2.24, 2.45) is 5.84 Å². The van der Waals surface area contributed by atoms with Gasteiger partial charge in [-0.1, -0.05) is 0 Å². The van der Waals surface area contributed by atoms with Crippen LogP contribution >= 0.6 is 0 Å². The third-order valence-electron chi connectivity index (χ3n) is 3.00. The van der Waals surface area contributed by atoms with Gasteiger partial charge in [-0.2, -0.15) is 0 Å². The van der Waals surface area contributed by atoms with Crippen molar-refractivity contribution in [2.75, 3.05) is 12.0 Å². The summed E-state index contributed by atoms with van der Waals surface area (Å²) < 4.78 is 5.44. The molecule has 18 heavy (non-hydrogen) atoms. The summed E-state index contributed by atoms with van der Waals surface area (Å²) in [6.07, 6.45) is 3.60. The van der Waals surface area contributed by atoms with Crippen molar-refractivity contribution in [2.45, 2.75) is 31.9 Å². The topological polar surface area (TPSA) is 89.3 Å². The van der Waals surface area contributed by atoms with Gasteiger partial charge < -0.3 is 15.5 Å². The first-order valence-electron chi connectivity index (χ1n) is 6.08. The second-order valence-electron chi connectivity index (χ2n) is 4.29. The van der Waals surface area contributed by atoms with Crippen LogP contribution < -0.4 is 16.6 Å². The molecule has 0 spiro atoms. The van der Waals surface area contributed by atoms with Crippen LogP contribution in [0.25, 0.3) is 0 Å². The van der Waals surface area contributed by atoms with Crippen LogP contribution in [-0.4, -0.2) is 29.6 Å². The highest BCUT2D eigenvalue weighted by Crippen LogP contribution is 2.23. The zero-order valence-corrected chi connectivity index (χ0v) is 10.3. The van der Waals surface area contributed by atoms with Crippen molar-refractivity contribution >= 4 is 11.7 Å². The number of pyridine rings is 1. The molecule has 1 aliphatic carbocycles. The van der Waals surface area contributed by atoms with E-state index < -0.39 is 0 Å². The molecule has 0 unspecified atom stereocenters. The quantitative estimate of drug-likeness (QED) is 0.528. The Balaban J connectivity index is 1.85. The number of nitrogens with two attached hydrogens (primary N) is 1. The number of anilines is 1. The van der Waals surface area contributed by atoms with Gasteiger partial charge in [0.05, 0.1) is 6.10 Å². The van der Waals surface area contributed by atoms with Crippen LogP contribution in [-0.2, 0) is 4.74 Å². The highest BCUT2D eigenvalue weighted by Gasteiger charge is 2.30. The number of amides is 1. The molecule has 0 radical (unpaired) electrons. The molecule has 98 valence electrons. The number of rotatable bonds is 5. The first-order chi connectivity index (χ1) is 8.72. The van der Waals surface area contributed by atoms with Crippen molar-refractivity contribution in [3.63, 3.8) is 0 Å². The van der Waals surface area contributed by atoms with E-state index in [0.717, 1.165) is 19.4 Å². The number of hydrogen-bond donors (Lipinski definition) is 3. The number of nitrogen functional groups attached to an aromatic ring is 1. The van der Waals surface area contributed by atoms with Gasteiger partial charge in [0, 0.05) is 24.4 Å². The van der Waals surface area contributed by atoms with Crippen molar-refractivity contribution in [3.8, 4) is 0 Å². The van der Waals surface area contributed by atoms with Gasteiger partial charge in [0.1, 0.15) is 5.82 Å². The van der Waals surface area contributed by atoms with Crippen LogP contribution in [0.2, 0.25) is 0 Å². The molecule has 0 aliphatic heterocycles. The average molecular weight is 250 g/mol. The van der Waals surface area contributed by atoms with Crippen molar-refractivity contribution in [1.82, 2.24) is 10.3 Å². The minimum Gasteiger partial charge on any atom is -0.378 e. The molecule has 1 fully saturated rings. The van der Waals surface area contributed by atoms with E-state index in [1.165, 1.54) is 0 Å². The maximum absolute atomic E-state index is 11.9. The maximum atomic E-state index is 11.9. The standard InChI is InChI=1S/C12H18N4O2/c1-2-18-10-6-9(7-10)15-12(17)8-3-4-14-11(5-8)16-13/h3-5,9-10H,2,6-7,13H2,1H3,(H,14,16)(H,15,17).